The van der Waals surface area contributed by atoms with Crippen molar-refractivity contribution in [3.8, 4) is 0 Å². The first-order valence-corrected chi connectivity index (χ1v) is 4.55. The number of carbonyl (C=O) groups is 1. The number of carbonyl (C=O) groups excluding carboxylic acids is 1. The molecule has 0 saturated heterocycles. The summed E-state index contributed by atoms with van der Waals surface area (Å²) in [6.45, 7) is 0.779. The van der Waals surface area contributed by atoms with Gasteiger partial charge in [0.2, 0.25) is 0 Å². The van der Waals surface area contributed by atoms with Crippen LogP contribution in [0.25, 0.3) is 0 Å². The van der Waals surface area contributed by atoms with Gasteiger partial charge in [-0.2, -0.15) is 0 Å². The summed E-state index contributed by atoms with van der Waals surface area (Å²) in [5, 5.41) is 0. The van der Waals surface area contributed by atoms with E-state index in [0.29, 0.717) is 17.8 Å². The molecule has 0 aliphatic heterocycles. The minimum absolute atomic E-state index is 0.0135. The summed E-state index contributed by atoms with van der Waals surface area (Å²) in [6, 6.07) is 0. The molecule has 2 rings (SSSR count). The van der Waals surface area contributed by atoms with Crippen LogP contribution in [0.2, 0.25) is 0 Å². The van der Waals surface area contributed by atoms with Gasteiger partial charge in [0.05, 0.1) is 13.0 Å². The highest BCUT2D eigenvalue weighted by Crippen LogP contribution is 2.59. The maximum Gasteiger partial charge on any atom is 0.309 e. The highest BCUT2D eigenvalue weighted by molar-refractivity contribution is 5.76. The Balaban J connectivity index is 1.87. The van der Waals surface area contributed by atoms with E-state index in [0.717, 1.165) is 19.4 Å². The zero-order valence-corrected chi connectivity index (χ0v) is 7.32. The molecule has 0 aromatic heterocycles. The molecule has 2 aliphatic carbocycles. The van der Waals surface area contributed by atoms with Crippen LogP contribution < -0.4 is 5.73 Å². The monoisotopic (exact) mass is 169 g/mol. The summed E-state index contributed by atoms with van der Waals surface area (Å²) >= 11 is 0. The molecule has 2 fully saturated rings. The van der Waals surface area contributed by atoms with Crippen molar-refractivity contribution in [1.29, 1.82) is 0 Å². The van der Waals surface area contributed by atoms with Crippen LogP contribution in [0.4, 0.5) is 0 Å². The summed E-state index contributed by atoms with van der Waals surface area (Å²) < 4.78 is 4.71. The second kappa shape index (κ2) is 2.73. The summed E-state index contributed by atoms with van der Waals surface area (Å²) in [7, 11) is 1.47. The Morgan fingerprint density at radius 3 is 2.50 bits per heavy atom. The summed E-state index contributed by atoms with van der Waals surface area (Å²) in [5.74, 6) is 2.08. The molecule has 3 nitrogen and oxygen atoms in total. The van der Waals surface area contributed by atoms with E-state index >= 15 is 0 Å². The van der Waals surface area contributed by atoms with E-state index in [1.807, 2.05) is 0 Å². The number of hydrogen-bond donors (Lipinski definition) is 1. The van der Waals surface area contributed by atoms with Crippen LogP contribution in [0.3, 0.4) is 0 Å². The van der Waals surface area contributed by atoms with Gasteiger partial charge >= 0.3 is 5.97 Å². The lowest BCUT2D eigenvalue weighted by molar-refractivity contribution is -0.143. The number of rotatable bonds is 2. The SMILES string of the molecule is COC(=O)C1C2CC(CN)CC21. The van der Waals surface area contributed by atoms with Crippen molar-refractivity contribution in [2.45, 2.75) is 12.8 Å². The largest absolute Gasteiger partial charge is 0.469 e. The molecule has 2 aliphatic rings. The van der Waals surface area contributed by atoms with Gasteiger partial charge in [0.1, 0.15) is 0 Å². The van der Waals surface area contributed by atoms with E-state index in [-0.39, 0.29) is 11.9 Å². The molecule has 0 aromatic carbocycles. The number of methoxy groups -OCH3 is 1. The molecule has 0 radical (unpaired) electrons. The lowest BCUT2D eigenvalue weighted by Gasteiger charge is -2.09. The van der Waals surface area contributed by atoms with Crippen molar-refractivity contribution < 1.29 is 9.53 Å². The van der Waals surface area contributed by atoms with Crippen molar-refractivity contribution in [3.05, 3.63) is 0 Å². The standard InChI is InChI=1S/C9H15NO2/c1-12-9(11)8-6-2-5(4-10)3-7(6)8/h5-8H,2-4,10H2,1H3. The maximum atomic E-state index is 11.1. The van der Waals surface area contributed by atoms with Gasteiger partial charge in [-0.05, 0) is 37.1 Å². The smallest absolute Gasteiger partial charge is 0.309 e. The zero-order valence-electron chi connectivity index (χ0n) is 7.32. The van der Waals surface area contributed by atoms with E-state index in [4.69, 9.17) is 10.5 Å². The molecule has 3 heteroatoms. The van der Waals surface area contributed by atoms with Crippen LogP contribution in [0, 0.1) is 23.7 Å². The first-order chi connectivity index (χ1) is 5.77. The van der Waals surface area contributed by atoms with Crippen LogP contribution in [0.5, 0.6) is 0 Å². The zero-order chi connectivity index (χ0) is 8.72. The molecular formula is C9H15NO2. The van der Waals surface area contributed by atoms with E-state index in [1.165, 1.54) is 7.11 Å². The third kappa shape index (κ3) is 1.04. The second-order valence-electron chi connectivity index (χ2n) is 3.95. The average molecular weight is 169 g/mol. The lowest BCUT2D eigenvalue weighted by Crippen LogP contribution is -2.16. The Labute approximate surface area is 72.3 Å². The van der Waals surface area contributed by atoms with E-state index in [1.54, 1.807) is 0 Å². The van der Waals surface area contributed by atoms with Gasteiger partial charge in [-0.1, -0.05) is 0 Å². The predicted octanol–water partition coefficient (Wildman–Crippen LogP) is 0.390. The molecule has 2 atom stereocenters. The van der Waals surface area contributed by atoms with Crippen molar-refractivity contribution in [2.75, 3.05) is 13.7 Å². The normalized spacial score (nSPS) is 43.8. The van der Waals surface area contributed by atoms with E-state index in [2.05, 4.69) is 0 Å². The number of hydrogen-bond acceptors (Lipinski definition) is 3. The summed E-state index contributed by atoms with van der Waals surface area (Å²) in [5.41, 5.74) is 5.55. The van der Waals surface area contributed by atoms with Gasteiger partial charge in [0, 0.05) is 0 Å². The fraction of sp³-hybridized carbons (Fsp3) is 0.889. The van der Waals surface area contributed by atoms with Gasteiger partial charge in [-0.15, -0.1) is 0 Å². The van der Waals surface area contributed by atoms with Crippen molar-refractivity contribution in [3.63, 3.8) is 0 Å². The first-order valence-electron chi connectivity index (χ1n) is 4.55. The quantitative estimate of drug-likeness (QED) is 0.608. The van der Waals surface area contributed by atoms with Crippen molar-refractivity contribution in [1.82, 2.24) is 0 Å². The van der Waals surface area contributed by atoms with Crippen LogP contribution >= 0.6 is 0 Å². The Morgan fingerprint density at radius 1 is 1.50 bits per heavy atom. The third-order valence-electron chi connectivity index (χ3n) is 3.35. The summed E-state index contributed by atoms with van der Waals surface area (Å²) in [6.07, 6.45) is 2.28. The Hall–Kier alpha value is -0.570. The molecule has 12 heavy (non-hydrogen) atoms. The minimum atomic E-state index is -0.0135. The molecule has 0 aromatic rings. The molecular weight excluding hydrogens is 154 g/mol. The molecule has 0 heterocycles. The molecule has 2 unspecified atom stereocenters. The summed E-state index contributed by atoms with van der Waals surface area (Å²) in [4.78, 5) is 11.1. The van der Waals surface area contributed by atoms with Gasteiger partial charge in [-0.3, -0.25) is 4.79 Å². The fourth-order valence-electron chi connectivity index (χ4n) is 2.63. The Kier molecular flexibility index (Phi) is 1.83. The minimum Gasteiger partial charge on any atom is -0.469 e. The lowest BCUT2D eigenvalue weighted by atomic mass is 10.0. The molecule has 0 amide bonds. The van der Waals surface area contributed by atoms with E-state index < -0.39 is 0 Å². The molecule has 2 N–H and O–H groups in total. The van der Waals surface area contributed by atoms with Crippen LogP contribution in [0.15, 0.2) is 0 Å². The van der Waals surface area contributed by atoms with Gasteiger partial charge in [0.25, 0.3) is 0 Å². The van der Waals surface area contributed by atoms with E-state index in [9.17, 15) is 4.79 Å². The maximum absolute atomic E-state index is 11.1. The van der Waals surface area contributed by atoms with Crippen LogP contribution in [0.1, 0.15) is 12.8 Å². The van der Waals surface area contributed by atoms with Crippen molar-refractivity contribution >= 4 is 5.97 Å². The number of ether oxygens (including phenoxy) is 1. The Bertz CT molecular complexity index is 193. The number of fused-ring (bicyclic) bond motifs is 1. The molecule has 68 valence electrons. The topological polar surface area (TPSA) is 52.3 Å². The van der Waals surface area contributed by atoms with Gasteiger partial charge in [0.15, 0.2) is 0 Å². The van der Waals surface area contributed by atoms with Gasteiger partial charge < -0.3 is 10.5 Å². The average Bonchev–Trinajstić information content (AvgIpc) is 2.59. The highest BCUT2D eigenvalue weighted by atomic mass is 16.5. The first kappa shape index (κ1) is 8.05. The fourth-order valence-corrected chi connectivity index (χ4v) is 2.63. The number of esters is 1. The van der Waals surface area contributed by atoms with Crippen LogP contribution in [-0.4, -0.2) is 19.6 Å². The third-order valence-corrected chi connectivity index (χ3v) is 3.35. The van der Waals surface area contributed by atoms with Crippen LogP contribution in [-0.2, 0) is 9.53 Å². The number of nitrogens with two attached hydrogens (primary N) is 1. The predicted molar refractivity (Wildman–Crippen MR) is 44.3 cm³/mol. The molecule has 0 spiro atoms. The second-order valence-corrected chi connectivity index (χ2v) is 3.95. The van der Waals surface area contributed by atoms with Crippen molar-refractivity contribution in [2.24, 2.45) is 29.4 Å². The Morgan fingerprint density at radius 2 is 2.08 bits per heavy atom. The molecule has 0 bridgehead atoms. The highest BCUT2D eigenvalue weighted by Gasteiger charge is 2.59. The molecule has 2 saturated carbocycles. The van der Waals surface area contributed by atoms with Gasteiger partial charge in [-0.25, -0.2) is 0 Å².